The molecule has 0 saturated carbocycles. The van der Waals surface area contributed by atoms with Crippen molar-refractivity contribution in [3.05, 3.63) is 59.7 Å². The second-order valence-electron chi connectivity index (χ2n) is 6.97. The van der Waals surface area contributed by atoms with Gasteiger partial charge in [0.05, 0.1) is 11.5 Å². The number of hydrogen-bond donors (Lipinski definition) is 1. The number of ether oxygens (including phenoxy) is 1. The Balaban J connectivity index is 1.63. The maximum atomic E-state index is 12.7. The Kier molecular flexibility index (Phi) is 6.61. The Labute approximate surface area is 176 Å². The first kappa shape index (κ1) is 21.6. The van der Waals surface area contributed by atoms with Crippen LogP contribution in [0.4, 0.5) is 10.5 Å². The first-order valence-electron chi connectivity index (χ1n) is 9.70. The predicted molar refractivity (Wildman–Crippen MR) is 113 cm³/mol. The van der Waals surface area contributed by atoms with Crippen molar-refractivity contribution in [3.63, 3.8) is 0 Å². The number of amides is 2. The smallest absolute Gasteiger partial charge is 0.409 e. The number of aryl methyl sites for hydroxylation is 1. The van der Waals surface area contributed by atoms with Crippen molar-refractivity contribution in [1.29, 1.82) is 0 Å². The quantitative estimate of drug-likeness (QED) is 0.785. The van der Waals surface area contributed by atoms with Gasteiger partial charge in [0.15, 0.2) is 0 Å². The van der Waals surface area contributed by atoms with Gasteiger partial charge >= 0.3 is 6.09 Å². The van der Waals surface area contributed by atoms with Gasteiger partial charge in [0, 0.05) is 37.4 Å². The number of anilines is 1. The van der Waals surface area contributed by atoms with E-state index in [1.165, 1.54) is 24.3 Å². The molecule has 2 aromatic rings. The van der Waals surface area contributed by atoms with Crippen LogP contribution in [0, 0.1) is 6.92 Å². The molecular formula is C21H25N3O5S. The molecule has 0 aromatic heterocycles. The van der Waals surface area contributed by atoms with Gasteiger partial charge in [-0.3, -0.25) is 9.52 Å². The SMILES string of the molecule is CCOC(=O)N1CCN(C(=O)c2ccc(S(=O)(=O)Nc3ccc(C)cc3)cc2)CC1. The second-order valence-corrected chi connectivity index (χ2v) is 8.66. The minimum Gasteiger partial charge on any atom is -0.450 e. The number of carbonyl (C=O) groups is 2. The molecule has 2 amide bonds. The monoisotopic (exact) mass is 431 g/mol. The van der Waals surface area contributed by atoms with Crippen molar-refractivity contribution in [2.24, 2.45) is 0 Å². The summed E-state index contributed by atoms with van der Waals surface area (Å²) in [6.45, 7) is 5.57. The van der Waals surface area contributed by atoms with Gasteiger partial charge in [-0.25, -0.2) is 13.2 Å². The highest BCUT2D eigenvalue weighted by molar-refractivity contribution is 7.92. The molecule has 2 aromatic carbocycles. The molecule has 0 aliphatic carbocycles. The molecule has 1 heterocycles. The summed E-state index contributed by atoms with van der Waals surface area (Å²) >= 11 is 0. The van der Waals surface area contributed by atoms with Gasteiger partial charge in [0.2, 0.25) is 0 Å². The van der Waals surface area contributed by atoms with E-state index in [1.807, 2.05) is 19.1 Å². The first-order valence-corrected chi connectivity index (χ1v) is 11.2. The van der Waals surface area contributed by atoms with E-state index in [-0.39, 0.29) is 16.9 Å². The minimum absolute atomic E-state index is 0.0757. The Morgan fingerprint density at radius 1 is 0.933 bits per heavy atom. The highest BCUT2D eigenvalue weighted by Crippen LogP contribution is 2.18. The van der Waals surface area contributed by atoms with Crippen molar-refractivity contribution in [3.8, 4) is 0 Å². The number of hydrogen-bond acceptors (Lipinski definition) is 5. The summed E-state index contributed by atoms with van der Waals surface area (Å²) < 4.78 is 32.6. The molecular weight excluding hydrogens is 406 g/mol. The third kappa shape index (κ3) is 5.10. The van der Waals surface area contributed by atoms with Crippen LogP contribution in [0.2, 0.25) is 0 Å². The molecule has 3 rings (SSSR count). The lowest BCUT2D eigenvalue weighted by Gasteiger charge is -2.34. The van der Waals surface area contributed by atoms with Crippen LogP contribution in [0.15, 0.2) is 53.4 Å². The van der Waals surface area contributed by atoms with E-state index in [1.54, 1.807) is 28.9 Å². The molecule has 0 unspecified atom stereocenters. The lowest BCUT2D eigenvalue weighted by Crippen LogP contribution is -2.50. The van der Waals surface area contributed by atoms with E-state index < -0.39 is 10.0 Å². The van der Waals surface area contributed by atoms with Crippen molar-refractivity contribution >= 4 is 27.7 Å². The third-order valence-electron chi connectivity index (χ3n) is 4.81. The number of rotatable bonds is 5. The summed E-state index contributed by atoms with van der Waals surface area (Å²) in [4.78, 5) is 27.8. The Hall–Kier alpha value is -3.07. The van der Waals surface area contributed by atoms with Crippen LogP contribution in [0.1, 0.15) is 22.8 Å². The summed E-state index contributed by atoms with van der Waals surface area (Å²) in [5.74, 6) is -0.200. The van der Waals surface area contributed by atoms with E-state index in [0.29, 0.717) is 44.0 Å². The maximum absolute atomic E-state index is 12.7. The number of piperazine rings is 1. The van der Waals surface area contributed by atoms with Crippen LogP contribution < -0.4 is 4.72 Å². The molecule has 1 N–H and O–H groups in total. The Bertz CT molecular complexity index is 996. The molecule has 160 valence electrons. The van der Waals surface area contributed by atoms with Crippen LogP contribution in [-0.2, 0) is 14.8 Å². The van der Waals surface area contributed by atoms with Crippen LogP contribution in [-0.4, -0.2) is 63.0 Å². The van der Waals surface area contributed by atoms with Crippen molar-refractivity contribution in [2.45, 2.75) is 18.7 Å². The van der Waals surface area contributed by atoms with Crippen molar-refractivity contribution < 1.29 is 22.7 Å². The lowest BCUT2D eigenvalue weighted by atomic mass is 10.2. The molecule has 1 aliphatic rings. The normalized spacial score (nSPS) is 14.3. The molecule has 30 heavy (non-hydrogen) atoms. The van der Waals surface area contributed by atoms with Crippen LogP contribution in [0.3, 0.4) is 0 Å². The summed E-state index contributed by atoms with van der Waals surface area (Å²) in [5, 5.41) is 0. The van der Waals surface area contributed by atoms with Gasteiger partial charge in [-0.1, -0.05) is 17.7 Å². The molecule has 0 radical (unpaired) electrons. The topological polar surface area (TPSA) is 96.0 Å². The Morgan fingerprint density at radius 3 is 2.07 bits per heavy atom. The average Bonchev–Trinajstić information content (AvgIpc) is 2.75. The molecule has 0 spiro atoms. The van der Waals surface area contributed by atoms with E-state index in [2.05, 4.69) is 4.72 Å². The van der Waals surface area contributed by atoms with Gasteiger partial charge in [0.25, 0.3) is 15.9 Å². The van der Waals surface area contributed by atoms with Crippen LogP contribution >= 0.6 is 0 Å². The third-order valence-corrected chi connectivity index (χ3v) is 6.21. The van der Waals surface area contributed by atoms with Crippen LogP contribution in [0.5, 0.6) is 0 Å². The number of benzene rings is 2. The zero-order valence-corrected chi connectivity index (χ0v) is 17.8. The largest absolute Gasteiger partial charge is 0.450 e. The molecule has 1 aliphatic heterocycles. The average molecular weight is 432 g/mol. The lowest BCUT2D eigenvalue weighted by molar-refractivity contribution is 0.0570. The number of nitrogens with one attached hydrogen (secondary N) is 1. The number of nitrogens with zero attached hydrogens (tertiary/aromatic N) is 2. The molecule has 0 bridgehead atoms. The Morgan fingerprint density at radius 2 is 1.50 bits per heavy atom. The minimum atomic E-state index is -3.75. The van der Waals surface area contributed by atoms with Gasteiger partial charge in [-0.2, -0.15) is 0 Å². The molecule has 1 fully saturated rings. The summed E-state index contributed by atoms with van der Waals surface area (Å²) in [5.41, 5.74) is 1.90. The fourth-order valence-corrected chi connectivity index (χ4v) is 4.16. The summed E-state index contributed by atoms with van der Waals surface area (Å²) in [7, 11) is -3.75. The molecule has 9 heteroatoms. The fourth-order valence-electron chi connectivity index (χ4n) is 3.10. The van der Waals surface area contributed by atoms with Gasteiger partial charge in [-0.15, -0.1) is 0 Å². The van der Waals surface area contributed by atoms with Gasteiger partial charge in [-0.05, 0) is 50.2 Å². The van der Waals surface area contributed by atoms with Crippen molar-refractivity contribution in [2.75, 3.05) is 37.5 Å². The second kappa shape index (κ2) is 9.17. The van der Waals surface area contributed by atoms with Gasteiger partial charge in [0.1, 0.15) is 0 Å². The number of sulfonamides is 1. The van der Waals surface area contributed by atoms with E-state index in [9.17, 15) is 18.0 Å². The van der Waals surface area contributed by atoms with E-state index >= 15 is 0 Å². The standard InChI is InChI=1S/C21H25N3O5S/c1-3-29-21(26)24-14-12-23(13-15-24)20(25)17-6-10-19(11-7-17)30(27,28)22-18-8-4-16(2)5-9-18/h4-11,22H,3,12-15H2,1-2H3. The zero-order chi connectivity index (χ0) is 21.7. The van der Waals surface area contributed by atoms with E-state index in [4.69, 9.17) is 4.74 Å². The summed E-state index contributed by atoms with van der Waals surface area (Å²) in [6.07, 6.45) is -0.375. The maximum Gasteiger partial charge on any atom is 0.409 e. The molecule has 0 atom stereocenters. The predicted octanol–water partition coefficient (Wildman–Crippen LogP) is 2.71. The first-order chi connectivity index (χ1) is 14.3. The van der Waals surface area contributed by atoms with Crippen LogP contribution in [0.25, 0.3) is 0 Å². The van der Waals surface area contributed by atoms with Crippen molar-refractivity contribution in [1.82, 2.24) is 9.80 Å². The summed E-state index contributed by atoms with van der Waals surface area (Å²) in [6, 6.07) is 12.9. The van der Waals surface area contributed by atoms with E-state index in [0.717, 1.165) is 5.56 Å². The highest BCUT2D eigenvalue weighted by Gasteiger charge is 2.25. The number of carbonyl (C=O) groups excluding carboxylic acids is 2. The zero-order valence-electron chi connectivity index (χ0n) is 17.0. The molecule has 1 saturated heterocycles. The fraction of sp³-hybridized carbons (Fsp3) is 0.333. The van der Waals surface area contributed by atoms with Gasteiger partial charge < -0.3 is 14.5 Å². The molecule has 8 nitrogen and oxygen atoms in total. The highest BCUT2D eigenvalue weighted by atomic mass is 32.2.